The molecular weight excluding hydrogens is 226 g/mol. The Bertz CT molecular complexity index is 367. The monoisotopic (exact) mass is 241 g/mol. The van der Waals surface area contributed by atoms with E-state index in [0.717, 1.165) is 31.2 Å². The Morgan fingerprint density at radius 3 is 2.69 bits per heavy atom. The SMILES string of the molecule is Cc1ccoc1C(=O)NC1CCC(Cl)CC1. The largest absolute Gasteiger partial charge is 0.459 e. The molecule has 1 fully saturated rings. The lowest BCUT2D eigenvalue weighted by atomic mass is 9.95. The van der Waals surface area contributed by atoms with E-state index in [4.69, 9.17) is 16.0 Å². The third-order valence-electron chi connectivity index (χ3n) is 3.06. The molecule has 1 aromatic rings. The number of hydrogen-bond donors (Lipinski definition) is 1. The van der Waals surface area contributed by atoms with Gasteiger partial charge in [0.1, 0.15) is 0 Å². The Balaban J connectivity index is 1.91. The van der Waals surface area contributed by atoms with Crippen LogP contribution in [-0.2, 0) is 0 Å². The smallest absolute Gasteiger partial charge is 0.287 e. The van der Waals surface area contributed by atoms with Crippen LogP contribution in [0.3, 0.4) is 0 Å². The van der Waals surface area contributed by atoms with Crippen LogP contribution in [0.5, 0.6) is 0 Å². The van der Waals surface area contributed by atoms with Crippen LogP contribution in [0.4, 0.5) is 0 Å². The topological polar surface area (TPSA) is 42.2 Å². The molecule has 0 aromatic carbocycles. The summed E-state index contributed by atoms with van der Waals surface area (Å²) in [5, 5.41) is 3.27. The first kappa shape index (κ1) is 11.5. The van der Waals surface area contributed by atoms with Gasteiger partial charge >= 0.3 is 0 Å². The van der Waals surface area contributed by atoms with Gasteiger partial charge in [0.05, 0.1) is 6.26 Å². The molecule has 1 amide bonds. The Morgan fingerprint density at radius 2 is 2.12 bits per heavy atom. The summed E-state index contributed by atoms with van der Waals surface area (Å²) in [6, 6.07) is 2.04. The van der Waals surface area contributed by atoms with Gasteiger partial charge in [-0.05, 0) is 38.7 Å². The number of rotatable bonds is 2. The highest BCUT2D eigenvalue weighted by Gasteiger charge is 2.22. The molecule has 2 rings (SSSR count). The first-order chi connectivity index (χ1) is 7.66. The number of nitrogens with one attached hydrogen (secondary N) is 1. The second kappa shape index (κ2) is 4.91. The van der Waals surface area contributed by atoms with Crippen LogP contribution in [-0.4, -0.2) is 17.3 Å². The Kier molecular flexibility index (Phi) is 3.54. The van der Waals surface area contributed by atoms with Crippen molar-refractivity contribution in [2.75, 3.05) is 0 Å². The number of halogens is 1. The predicted molar refractivity (Wildman–Crippen MR) is 62.8 cm³/mol. The first-order valence-electron chi connectivity index (χ1n) is 5.66. The standard InChI is InChI=1S/C12H16ClNO2/c1-8-6-7-16-11(8)12(15)14-10-4-2-9(13)3-5-10/h6-7,9-10H,2-5H2,1H3,(H,14,15). The summed E-state index contributed by atoms with van der Waals surface area (Å²) >= 11 is 6.01. The van der Waals surface area contributed by atoms with Crippen molar-refractivity contribution in [2.45, 2.75) is 44.0 Å². The molecule has 1 aliphatic carbocycles. The summed E-state index contributed by atoms with van der Waals surface area (Å²) in [5.74, 6) is 0.313. The summed E-state index contributed by atoms with van der Waals surface area (Å²) in [4.78, 5) is 11.8. The van der Waals surface area contributed by atoms with Crippen LogP contribution in [0.1, 0.15) is 41.8 Å². The molecular formula is C12H16ClNO2. The molecule has 1 aromatic heterocycles. The molecule has 88 valence electrons. The molecule has 0 atom stereocenters. The van der Waals surface area contributed by atoms with Gasteiger partial charge in [0.25, 0.3) is 5.91 Å². The van der Waals surface area contributed by atoms with E-state index >= 15 is 0 Å². The highest BCUT2D eigenvalue weighted by molar-refractivity contribution is 6.20. The molecule has 4 heteroatoms. The highest BCUT2D eigenvalue weighted by Crippen LogP contribution is 2.23. The fraction of sp³-hybridized carbons (Fsp3) is 0.583. The van der Waals surface area contributed by atoms with E-state index in [1.165, 1.54) is 0 Å². The lowest BCUT2D eigenvalue weighted by molar-refractivity contribution is 0.0899. The van der Waals surface area contributed by atoms with E-state index in [1.807, 2.05) is 6.92 Å². The molecule has 0 bridgehead atoms. The molecule has 1 heterocycles. The summed E-state index contributed by atoms with van der Waals surface area (Å²) in [5.41, 5.74) is 0.878. The average Bonchev–Trinajstić information content (AvgIpc) is 2.68. The summed E-state index contributed by atoms with van der Waals surface area (Å²) in [6.07, 6.45) is 5.41. The zero-order valence-corrected chi connectivity index (χ0v) is 10.1. The van der Waals surface area contributed by atoms with Gasteiger partial charge in [-0.1, -0.05) is 0 Å². The fourth-order valence-corrected chi connectivity index (χ4v) is 2.31. The number of carbonyl (C=O) groups excluding carboxylic acids is 1. The highest BCUT2D eigenvalue weighted by atomic mass is 35.5. The minimum absolute atomic E-state index is 0.111. The average molecular weight is 242 g/mol. The van der Waals surface area contributed by atoms with Gasteiger partial charge in [0, 0.05) is 17.0 Å². The van der Waals surface area contributed by atoms with Crippen molar-refractivity contribution < 1.29 is 9.21 Å². The van der Waals surface area contributed by atoms with E-state index in [0.29, 0.717) is 5.76 Å². The van der Waals surface area contributed by atoms with Crippen LogP contribution >= 0.6 is 11.6 Å². The van der Waals surface area contributed by atoms with E-state index in [2.05, 4.69) is 5.32 Å². The predicted octanol–water partition coefficient (Wildman–Crippen LogP) is 2.87. The van der Waals surface area contributed by atoms with Crippen LogP contribution in [0, 0.1) is 6.92 Å². The molecule has 3 nitrogen and oxygen atoms in total. The normalized spacial score (nSPS) is 25.4. The van der Waals surface area contributed by atoms with Gasteiger partial charge in [-0.15, -0.1) is 11.6 Å². The third-order valence-corrected chi connectivity index (χ3v) is 3.50. The maximum atomic E-state index is 11.8. The van der Waals surface area contributed by atoms with Crippen molar-refractivity contribution in [3.05, 3.63) is 23.7 Å². The maximum Gasteiger partial charge on any atom is 0.287 e. The van der Waals surface area contributed by atoms with Crippen molar-refractivity contribution >= 4 is 17.5 Å². The van der Waals surface area contributed by atoms with Gasteiger partial charge in [-0.3, -0.25) is 4.79 Å². The van der Waals surface area contributed by atoms with Crippen molar-refractivity contribution in [1.82, 2.24) is 5.32 Å². The van der Waals surface area contributed by atoms with Gasteiger partial charge in [-0.25, -0.2) is 0 Å². The van der Waals surface area contributed by atoms with E-state index in [1.54, 1.807) is 12.3 Å². The van der Waals surface area contributed by atoms with Gasteiger partial charge in [-0.2, -0.15) is 0 Å². The van der Waals surface area contributed by atoms with Gasteiger partial charge in [0.15, 0.2) is 5.76 Å². The number of amides is 1. The molecule has 1 N–H and O–H groups in total. The lowest BCUT2D eigenvalue weighted by Gasteiger charge is -2.25. The van der Waals surface area contributed by atoms with Crippen molar-refractivity contribution in [1.29, 1.82) is 0 Å². The fourth-order valence-electron chi connectivity index (χ4n) is 2.05. The number of furan rings is 1. The third kappa shape index (κ3) is 2.59. The molecule has 1 saturated carbocycles. The molecule has 0 radical (unpaired) electrons. The first-order valence-corrected chi connectivity index (χ1v) is 6.09. The molecule has 0 saturated heterocycles. The minimum Gasteiger partial charge on any atom is -0.459 e. The van der Waals surface area contributed by atoms with Crippen LogP contribution in [0.2, 0.25) is 0 Å². The number of carbonyl (C=O) groups is 1. The van der Waals surface area contributed by atoms with Gasteiger partial charge < -0.3 is 9.73 Å². The zero-order valence-electron chi connectivity index (χ0n) is 9.33. The van der Waals surface area contributed by atoms with E-state index < -0.39 is 0 Å². The van der Waals surface area contributed by atoms with Gasteiger partial charge in [0.2, 0.25) is 0 Å². The van der Waals surface area contributed by atoms with Crippen LogP contribution < -0.4 is 5.32 Å². The van der Waals surface area contributed by atoms with Crippen molar-refractivity contribution in [3.63, 3.8) is 0 Å². The van der Waals surface area contributed by atoms with Crippen LogP contribution in [0.15, 0.2) is 16.7 Å². The molecule has 0 spiro atoms. The molecule has 0 aliphatic heterocycles. The molecule has 0 unspecified atom stereocenters. The second-order valence-corrected chi connectivity index (χ2v) is 4.97. The number of hydrogen-bond acceptors (Lipinski definition) is 2. The second-order valence-electron chi connectivity index (χ2n) is 4.36. The Morgan fingerprint density at radius 1 is 1.44 bits per heavy atom. The number of aryl methyl sites for hydroxylation is 1. The molecule has 1 aliphatic rings. The summed E-state index contributed by atoms with van der Waals surface area (Å²) in [6.45, 7) is 1.87. The summed E-state index contributed by atoms with van der Waals surface area (Å²) < 4.78 is 5.15. The zero-order chi connectivity index (χ0) is 11.5. The Labute approximate surface area is 100 Å². The number of alkyl halides is 1. The lowest BCUT2D eigenvalue weighted by Crippen LogP contribution is -2.37. The van der Waals surface area contributed by atoms with Crippen molar-refractivity contribution in [3.8, 4) is 0 Å². The minimum atomic E-state index is -0.111. The van der Waals surface area contributed by atoms with Crippen molar-refractivity contribution in [2.24, 2.45) is 0 Å². The summed E-state index contributed by atoms with van der Waals surface area (Å²) in [7, 11) is 0. The van der Waals surface area contributed by atoms with E-state index in [-0.39, 0.29) is 17.3 Å². The van der Waals surface area contributed by atoms with Crippen LogP contribution in [0.25, 0.3) is 0 Å². The quantitative estimate of drug-likeness (QED) is 0.809. The maximum absolute atomic E-state index is 11.8. The molecule has 16 heavy (non-hydrogen) atoms. The van der Waals surface area contributed by atoms with E-state index in [9.17, 15) is 4.79 Å². The Hall–Kier alpha value is -0.960.